The van der Waals surface area contributed by atoms with Crippen LogP contribution in [0.3, 0.4) is 0 Å². The van der Waals surface area contributed by atoms with Crippen LogP contribution in [-0.2, 0) is 9.59 Å². The van der Waals surface area contributed by atoms with Crippen LogP contribution in [0.2, 0.25) is 0 Å². The molecule has 5 nitrogen and oxygen atoms in total. The summed E-state index contributed by atoms with van der Waals surface area (Å²) in [5.74, 6) is -0.868. The first kappa shape index (κ1) is 15.4. The Hall–Kier alpha value is -2.04. The van der Waals surface area contributed by atoms with E-state index in [1.807, 2.05) is 32.0 Å². The van der Waals surface area contributed by atoms with Gasteiger partial charge in [-0.05, 0) is 37.8 Å². The van der Waals surface area contributed by atoms with E-state index in [4.69, 9.17) is 9.84 Å². The van der Waals surface area contributed by atoms with Gasteiger partial charge in [0.2, 0.25) is 0 Å². The first-order valence-electron chi connectivity index (χ1n) is 7.20. The summed E-state index contributed by atoms with van der Waals surface area (Å²) in [7, 11) is 0. The average Bonchev–Trinajstić information content (AvgIpc) is 2.86. The van der Waals surface area contributed by atoms with Crippen LogP contribution in [-0.4, -0.2) is 29.6 Å². The molecule has 2 rings (SSSR count). The lowest BCUT2D eigenvalue weighted by molar-refractivity contribution is -0.142. The highest BCUT2D eigenvalue weighted by atomic mass is 16.5. The van der Waals surface area contributed by atoms with Gasteiger partial charge in [0.05, 0.1) is 5.92 Å². The molecule has 0 unspecified atom stereocenters. The maximum absolute atomic E-state index is 11.9. The van der Waals surface area contributed by atoms with Gasteiger partial charge in [0.1, 0.15) is 5.75 Å². The molecule has 1 aromatic carbocycles. The number of benzene rings is 1. The molecule has 1 aliphatic rings. The van der Waals surface area contributed by atoms with Crippen molar-refractivity contribution in [3.63, 3.8) is 0 Å². The van der Waals surface area contributed by atoms with Crippen LogP contribution < -0.4 is 10.1 Å². The Morgan fingerprint density at radius 2 is 1.95 bits per heavy atom. The second-order valence-electron chi connectivity index (χ2n) is 5.56. The number of carbonyl (C=O) groups excluding carboxylic acids is 1. The highest BCUT2D eigenvalue weighted by Gasteiger charge is 2.33. The fourth-order valence-corrected chi connectivity index (χ4v) is 2.84. The third kappa shape index (κ3) is 3.74. The van der Waals surface area contributed by atoms with E-state index < -0.39 is 11.9 Å². The minimum atomic E-state index is -0.839. The lowest BCUT2D eigenvalue weighted by Gasteiger charge is -2.18. The fourth-order valence-electron chi connectivity index (χ4n) is 2.84. The molecule has 2 N–H and O–H groups in total. The van der Waals surface area contributed by atoms with Gasteiger partial charge >= 0.3 is 5.97 Å². The molecule has 0 heterocycles. The van der Waals surface area contributed by atoms with Crippen LogP contribution in [0.25, 0.3) is 0 Å². The summed E-state index contributed by atoms with van der Waals surface area (Å²) in [6.45, 7) is 3.77. The number of carboxylic acid groups (broad SMARTS) is 1. The van der Waals surface area contributed by atoms with Crippen molar-refractivity contribution in [2.45, 2.75) is 39.2 Å². The molecule has 2 atom stereocenters. The van der Waals surface area contributed by atoms with E-state index in [2.05, 4.69) is 5.32 Å². The number of hydrogen-bond donors (Lipinski definition) is 2. The van der Waals surface area contributed by atoms with Crippen LogP contribution in [0.15, 0.2) is 18.2 Å². The number of nitrogens with one attached hydrogen (secondary N) is 1. The van der Waals surface area contributed by atoms with E-state index in [0.29, 0.717) is 18.6 Å². The highest BCUT2D eigenvalue weighted by molar-refractivity contribution is 5.79. The number of amides is 1. The molecule has 0 aromatic heterocycles. The molecule has 1 amide bonds. The Balaban J connectivity index is 1.89. The number of rotatable bonds is 5. The van der Waals surface area contributed by atoms with E-state index in [-0.39, 0.29) is 18.6 Å². The number of carboxylic acids is 1. The van der Waals surface area contributed by atoms with Gasteiger partial charge in [-0.25, -0.2) is 0 Å². The second kappa shape index (κ2) is 6.61. The van der Waals surface area contributed by atoms with Crippen molar-refractivity contribution < 1.29 is 19.4 Å². The summed E-state index contributed by atoms with van der Waals surface area (Å²) in [4.78, 5) is 23.0. The predicted octanol–water partition coefficient (Wildman–Crippen LogP) is 2.05. The Morgan fingerprint density at radius 3 is 2.57 bits per heavy atom. The van der Waals surface area contributed by atoms with Crippen molar-refractivity contribution in [2.24, 2.45) is 5.92 Å². The highest BCUT2D eigenvalue weighted by Crippen LogP contribution is 2.26. The van der Waals surface area contributed by atoms with Gasteiger partial charge in [0.15, 0.2) is 6.61 Å². The molecular weight excluding hydrogens is 270 g/mol. The van der Waals surface area contributed by atoms with Crippen molar-refractivity contribution in [1.29, 1.82) is 0 Å². The topological polar surface area (TPSA) is 75.6 Å². The van der Waals surface area contributed by atoms with Crippen molar-refractivity contribution in [3.05, 3.63) is 29.3 Å². The summed E-state index contributed by atoms with van der Waals surface area (Å²) >= 11 is 0. The van der Waals surface area contributed by atoms with E-state index in [1.54, 1.807) is 0 Å². The zero-order chi connectivity index (χ0) is 15.4. The fraction of sp³-hybridized carbons (Fsp3) is 0.500. The van der Waals surface area contributed by atoms with Crippen molar-refractivity contribution in [1.82, 2.24) is 5.32 Å². The van der Waals surface area contributed by atoms with Gasteiger partial charge in [-0.3, -0.25) is 9.59 Å². The van der Waals surface area contributed by atoms with Gasteiger partial charge < -0.3 is 15.2 Å². The molecule has 114 valence electrons. The minimum Gasteiger partial charge on any atom is -0.483 e. The van der Waals surface area contributed by atoms with Crippen LogP contribution in [0.1, 0.15) is 30.4 Å². The Morgan fingerprint density at radius 1 is 1.29 bits per heavy atom. The second-order valence-corrected chi connectivity index (χ2v) is 5.56. The number of para-hydroxylation sites is 1. The standard InChI is InChI=1S/C16H21NO4/c1-10-5-3-6-11(2)15(10)21-9-14(18)17-13-8-4-7-12(13)16(19)20/h3,5-6,12-13H,4,7-9H2,1-2H3,(H,17,18)(H,19,20)/t12-,13+/m0/s1. The number of carbonyl (C=O) groups is 2. The molecule has 5 heteroatoms. The first-order valence-corrected chi connectivity index (χ1v) is 7.20. The molecule has 1 aliphatic carbocycles. The van der Waals surface area contributed by atoms with E-state index in [0.717, 1.165) is 17.5 Å². The van der Waals surface area contributed by atoms with Gasteiger partial charge in [-0.1, -0.05) is 24.6 Å². The van der Waals surface area contributed by atoms with Crippen molar-refractivity contribution in [2.75, 3.05) is 6.61 Å². The SMILES string of the molecule is Cc1cccc(C)c1OCC(=O)N[C@@H]1CCC[C@@H]1C(=O)O. The molecule has 0 saturated heterocycles. The maximum atomic E-state index is 11.9. The third-order valence-electron chi connectivity index (χ3n) is 3.94. The van der Waals surface area contributed by atoms with Gasteiger partial charge in [0.25, 0.3) is 5.91 Å². The third-order valence-corrected chi connectivity index (χ3v) is 3.94. The largest absolute Gasteiger partial charge is 0.483 e. The Labute approximate surface area is 124 Å². The number of hydrogen-bond acceptors (Lipinski definition) is 3. The molecule has 21 heavy (non-hydrogen) atoms. The van der Waals surface area contributed by atoms with E-state index in [9.17, 15) is 9.59 Å². The van der Waals surface area contributed by atoms with Gasteiger partial charge in [-0.15, -0.1) is 0 Å². The number of ether oxygens (including phenoxy) is 1. The van der Waals surface area contributed by atoms with Crippen LogP contribution in [0.5, 0.6) is 5.75 Å². The summed E-state index contributed by atoms with van der Waals surface area (Å²) in [6, 6.07) is 5.51. The first-order chi connectivity index (χ1) is 9.99. The van der Waals surface area contributed by atoms with Gasteiger partial charge in [0, 0.05) is 6.04 Å². The summed E-state index contributed by atoms with van der Waals surface area (Å²) in [5, 5.41) is 11.9. The van der Waals surface area contributed by atoms with Crippen molar-refractivity contribution >= 4 is 11.9 Å². The Bertz CT molecular complexity index is 521. The molecule has 1 saturated carbocycles. The number of aryl methyl sites for hydroxylation is 2. The summed E-state index contributed by atoms with van der Waals surface area (Å²) in [6.07, 6.45) is 2.17. The Kier molecular flexibility index (Phi) is 4.83. The molecule has 0 bridgehead atoms. The maximum Gasteiger partial charge on any atom is 0.308 e. The van der Waals surface area contributed by atoms with Crippen molar-refractivity contribution in [3.8, 4) is 5.75 Å². The quantitative estimate of drug-likeness (QED) is 0.870. The monoisotopic (exact) mass is 291 g/mol. The van der Waals surface area contributed by atoms with Crippen LogP contribution >= 0.6 is 0 Å². The summed E-state index contributed by atoms with van der Waals surface area (Å²) in [5.41, 5.74) is 1.96. The normalized spacial score (nSPS) is 21.0. The van der Waals surface area contributed by atoms with E-state index in [1.165, 1.54) is 0 Å². The molecule has 0 spiro atoms. The minimum absolute atomic E-state index is 0.0888. The van der Waals surface area contributed by atoms with Gasteiger partial charge in [-0.2, -0.15) is 0 Å². The molecule has 1 fully saturated rings. The molecule has 1 aromatic rings. The van der Waals surface area contributed by atoms with Crippen LogP contribution in [0.4, 0.5) is 0 Å². The average molecular weight is 291 g/mol. The molecular formula is C16H21NO4. The van der Waals surface area contributed by atoms with Crippen LogP contribution in [0, 0.1) is 19.8 Å². The summed E-state index contributed by atoms with van der Waals surface area (Å²) < 4.78 is 5.58. The zero-order valence-electron chi connectivity index (χ0n) is 12.4. The smallest absolute Gasteiger partial charge is 0.308 e. The number of aliphatic carboxylic acids is 1. The predicted molar refractivity (Wildman–Crippen MR) is 78.3 cm³/mol. The molecule has 0 radical (unpaired) electrons. The zero-order valence-corrected chi connectivity index (χ0v) is 12.4. The molecule has 0 aliphatic heterocycles. The lowest BCUT2D eigenvalue weighted by Crippen LogP contribution is -2.42. The van der Waals surface area contributed by atoms with E-state index >= 15 is 0 Å². The lowest BCUT2D eigenvalue weighted by atomic mass is 10.0.